The van der Waals surface area contributed by atoms with Crippen LogP contribution >= 0.6 is 11.6 Å². The number of halogens is 1. The van der Waals surface area contributed by atoms with Gasteiger partial charge in [-0.05, 0) is 60.9 Å². The number of aryl methyl sites for hydroxylation is 2. The number of sulfonamides is 1. The van der Waals surface area contributed by atoms with Crippen molar-refractivity contribution in [3.05, 3.63) is 69.7 Å². The highest BCUT2D eigenvalue weighted by Gasteiger charge is 2.19. The summed E-state index contributed by atoms with van der Waals surface area (Å²) in [6, 6.07) is 13.1. The third-order valence-electron chi connectivity index (χ3n) is 4.53. The third kappa shape index (κ3) is 4.18. The van der Waals surface area contributed by atoms with Crippen molar-refractivity contribution in [3.8, 4) is 0 Å². The molecule has 0 unspecified atom stereocenters. The highest BCUT2D eigenvalue weighted by atomic mass is 35.5. The van der Waals surface area contributed by atoms with Gasteiger partial charge in [0.2, 0.25) is 10.0 Å². The lowest BCUT2D eigenvalue weighted by Crippen LogP contribution is -2.28. The first-order chi connectivity index (χ1) is 11.4. The van der Waals surface area contributed by atoms with Crippen molar-refractivity contribution in [2.24, 2.45) is 0 Å². The van der Waals surface area contributed by atoms with Crippen molar-refractivity contribution >= 4 is 21.6 Å². The Balaban J connectivity index is 1.74. The van der Waals surface area contributed by atoms with Crippen LogP contribution in [0.15, 0.2) is 42.5 Å². The quantitative estimate of drug-likeness (QED) is 0.855. The number of rotatable bonds is 5. The minimum absolute atomic E-state index is 0.109. The fourth-order valence-corrected chi connectivity index (χ4v) is 4.92. The second-order valence-electron chi connectivity index (χ2n) is 6.43. The van der Waals surface area contributed by atoms with Crippen LogP contribution in [0.4, 0.5) is 0 Å². The molecule has 0 aliphatic heterocycles. The molecule has 24 heavy (non-hydrogen) atoms. The summed E-state index contributed by atoms with van der Waals surface area (Å²) >= 11 is 6.07. The van der Waals surface area contributed by atoms with Crippen LogP contribution in [0.2, 0.25) is 5.02 Å². The summed E-state index contributed by atoms with van der Waals surface area (Å²) in [7, 11) is -3.46. The average molecular weight is 364 g/mol. The van der Waals surface area contributed by atoms with Crippen molar-refractivity contribution in [2.45, 2.75) is 44.4 Å². The maximum absolute atomic E-state index is 12.5. The number of fused-ring (bicyclic) bond motifs is 1. The van der Waals surface area contributed by atoms with Crippen LogP contribution in [0.1, 0.15) is 48.1 Å². The minimum Gasteiger partial charge on any atom is -0.212 e. The summed E-state index contributed by atoms with van der Waals surface area (Å²) in [6.45, 7) is 1.88. The zero-order chi connectivity index (χ0) is 17.2. The van der Waals surface area contributed by atoms with E-state index in [1.165, 1.54) is 24.0 Å². The maximum Gasteiger partial charge on any atom is 0.216 e. The fourth-order valence-electron chi connectivity index (χ4n) is 3.22. The molecule has 0 aromatic heterocycles. The molecule has 1 aliphatic rings. The molecule has 0 bridgehead atoms. The Labute approximate surface area is 149 Å². The molecule has 3 nitrogen and oxygen atoms in total. The van der Waals surface area contributed by atoms with Gasteiger partial charge >= 0.3 is 0 Å². The Morgan fingerprint density at radius 1 is 1.08 bits per heavy atom. The topological polar surface area (TPSA) is 46.2 Å². The van der Waals surface area contributed by atoms with E-state index in [1.807, 2.05) is 13.0 Å². The van der Waals surface area contributed by atoms with E-state index in [2.05, 4.69) is 16.9 Å². The molecule has 1 atom stereocenters. The highest BCUT2D eigenvalue weighted by Crippen LogP contribution is 2.25. The van der Waals surface area contributed by atoms with E-state index < -0.39 is 10.0 Å². The van der Waals surface area contributed by atoms with Gasteiger partial charge in [0.25, 0.3) is 0 Å². The first kappa shape index (κ1) is 17.5. The van der Waals surface area contributed by atoms with Gasteiger partial charge in [0, 0.05) is 11.1 Å². The molecule has 128 valence electrons. The van der Waals surface area contributed by atoms with Gasteiger partial charge in [-0.2, -0.15) is 0 Å². The van der Waals surface area contributed by atoms with E-state index in [1.54, 1.807) is 24.3 Å². The maximum atomic E-state index is 12.5. The Morgan fingerprint density at radius 2 is 1.79 bits per heavy atom. The largest absolute Gasteiger partial charge is 0.216 e. The molecule has 2 aromatic carbocycles. The molecule has 0 amide bonds. The minimum atomic E-state index is -3.46. The Kier molecular flexibility index (Phi) is 5.28. The van der Waals surface area contributed by atoms with Crippen LogP contribution in [0.5, 0.6) is 0 Å². The predicted molar refractivity (Wildman–Crippen MR) is 98.7 cm³/mol. The monoisotopic (exact) mass is 363 g/mol. The van der Waals surface area contributed by atoms with Crippen LogP contribution in [0.25, 0.3) is 0 Å². The SMILES string of the molecule is C[C@@H](NS(=O)(=O)Cc1ccccc1Cl)c1ccc2c(c1)CCCC2. The molecule has 1 aliphatic carbocycles. The molecule has 0 spiro atoms. The van der Waals surface area contributed by atoms with Crippen LogP contribution in [-0.2, 0) is 28.6 Å². The van der Waals surface area contributed by atoms with Gasteiger partial charge < -0.3 is 0 Å². The Hall–Kier alpha value is -1.36. The summed E-state index contributed by atoms with van der Waals surface area (Å²) in [4.78, 5) is 0. The first-order valence-electron chi connectivity index (χ1n) is 8.30. The van der Waals surface area contributed by atoms with Gasteiger partial charge in [-0.25, -0.2) is 13.1 Å². The second-order valence-corrected chi connectivity index (χ2v) is 8.59. The van der Waals surface area contributed by atoms with Gasteiger partial charge in [0.05, 0.1) is 5.75 Å². The van der Waals surface area contributed by atoms with Crippen molar-refractivity contribution in [2.75, 3.05) is 0 Å². The predicted octanol–water partition coefficient (Wildman–Crippen LogP) is 4.40. The van der Waals surface area contributed by atoms with E-state index >= 15 is 0 Å². The van der Waals surface area contributed by atoms with Crippen LogP contribution in [0.3, 0.4) is 0 Å². The molecule has 1 N–H and O–H groups in total. The zero-order valence-corrected chi connectivity index (χ0v) is 15.3. The first-order valence-corrected chi connectivity index (χ1v) is 10.3. The molecule has 0 fully saturated rings. The van der Waals surface area contributed by atoms with Crippen LogP contribution in [-0.4, -0.2) is 8.42 Å². The molecule has 5 heteroatoms. The molecular weight excluding hydrogens is 342 g/mol. The lowest BCUT2D eigenvalue weighted by Gasteiger charge is -2.20. The Morgan fingerprint density at radius 3 is 2.54 bits per heavy atom. The fraction of sp³-hybridized carbons (Fsp3) is 0.368. The molecular formula is C19H22ClNO2S. The summed E-state index contributed by atoms with van der Waals surface area (Å²) in [6.07, 6.45) is 4.67. The van der Waals surface area contributed by atoms with Crippen molar-refractivity contribution in [3.63, 3.8) is 0 Å². The number of hydrogen-bond donors (Lipinski definition) is 1. The van der Waals surface area contributed by atoms with E-state index in [-0.39, 0.29) is 11.8 Å². The number of benzene rings is 2. The van der Waals surface area contributed by atoms with Gasteiger partial charge in [0.15, 0.2) is 0 Å². The highest BCUT2D eigenvalue weighted by molar-refractivity contribution is 7.88. The summed E-state index contributed by atoms with van der Waals surface area (Å²) in [5.41, 5.74) is 4.38. The lowest BCUT2D eigenvalue weighted by atomic mass is 9.89. The van der Waals surface area contributed by atoms with Crippen molar-refractivity contribution in [1.29, 1.82) is 0 Å². The summed E-state index contributed by atoms with van der Waals surface area (Å²) in [5.74, 6) is -0.109. The van der Waals surface area contributed by atoms with Crippen LogP contribution < -0.4 is 4.72 Å². The Bertz CT molecular complexity index is 833. The summed E-state index contributed by atoms with van der Waals surface area (Å²) < 4.78 is 27.7. The molecule has 0 radical (unpaired) electrons. The molecule has 0 saturated heterocycles. The average Bonchev–Trinajstić information content (AvgIpc) is 2.56. The smallest absolute Gasteiger partial charge is 0.212 e. The van der Waals surface area contributed by atoms with Gasteiger partial charge in [-0.15, -0.1) is 0 Å². The van der Waals surface area contributed by atoms with Gasteiger partial charge in [0.1, 0.15) is 0 Å². The van der Waals surface area contributed by atoms with E-state index in [4.69, 9.17) is 11.6 Å². The van der Waals surface area contributed by atoms with Crippen LogP contribution in [0, 0.1) is 0 Å². The van der Waals surface area contributed by atoms with Crippen molar-refractivity contribution in [1.82, 2.24) is 4.72 Å². The van der Waals surface area contributed by atoms with Crippen molar-refractivity contribution < 1.29 is 8.42 Å². The van der Waals surface area contributed by atoms with Gasteiger partial charge in [-0.3, -0.25) is 0 Å². The van der Waals surface area contributed by atoms with E-state index in [0.29, 0.717) is 10.6 Å². The molecule has 3 rings (SSSR count). The third-order valence-corrected chi connectivity index (χ3v) is 6.30. The molecule has 0 heterocycles. The number of hydrogen-bond acceptors (Lipinski definition) is 2. The molecule has 0 saturated carbocycles. The summed E-state index contributed by atoms with van der Waals surface area (Å²) in [5, 5.41) is 0.476. The second kappa shape index (κ2) is 7.26. The van der Waals surface area contributed by atoms with Gasteiger partial charge in [-0.1, -0.05) is 48.0 Å². The lowest BCUT2D eigenvalue weighted by molar-refractivity contribution is 0.565. The standard InChI is InChI=1S/C19H22ClNO2S/c1-14(16-11-10-15-6-2-3-7-17(15)12-16)21-24(22,23)13-18-8-4-5-9-19(18)20/h4-5,8-12,14,21H,2-3,6-7,13H2,1H3/t14-/m1/s1. The molecule has 2 aromatic rings. The normalized spacial score (nSPS) is 15.8. The zero-order valence-electron chi connectivity index (χ0n) is 13.8. The van der Waals surface area contributed by atoms with E-state index in [0.717, 1.165) is 18.4 Å². The number of nitrogens with one attached hydrogen (secondary N) is 1. The van der Waals surface area contributed by atoms with E-state index in [9.17, 15) is 8.42 Å².